The fourth-order valence-electron chi connectivity index (χ4n) is 3.87. The van der Waals surface area contributed by atoms with Crippen molar-refractivity contribution in [3.05, 3.63) is 30.1 Å². The minimum Gasteiger partial charge on any atom is -0.370 e. The van der Waals surface area contributed by atoms with Crippen LogP contribution in [0.5, 0.6) is 0 Å². The molecule has 1 aromatic heterocycles. The number of nitrogens with two attached hydrogens (primary N) is 1. The van der Waals surface area contributed by atoms with Crippen LogP contribution >= 0.6 is 24.0 Å². The van der Waals surface area contributed by atoms with Crippen molar-refractivity contribution in [1.29, 1.82) is 0 Å². The summed E-state index contributed by atoms with van der Waals surface area (Å²) in [5.74, 6) is 2.04. The molecule has 2 aromatic rings. The lowest BCUT2D eigenvalue weighted by Gasteiger charge is -2.34. The number of nitrogens with zero attached hydrogens (tertiary/aromatic N) is 4. The third kappa shape index (κ3) is 5.59. The number of likely N-dealkylation sites (tertiary alicyclic amines) is 1. The first-order valence-electron chi connectivity index (χ1n) is 9.82. The molecule has 1 fully saturated rings. The van der Waals surface area contributed by atoms with Crippen LogP contribution in [-0.4, -0.2) is 52.5 Å². The summed E-state index contributed by atoms with van der Waals surface area (Å²) in [4.78, 5) is 23.0. The van der Waals surface area contributed by atoms with Gasteiger partial charge < -0.3 is 20.5 Å². The molecule has 0 aliphatic carbocycles. The maximum atomic E-state index is 11.3. The number of aliphatic imine (C=N–C) groups is 1. The van der Waals surface area contributed by atoms with Crippen molar-refractivity contribution in [2.24, 2.45) is 16.6 Å². The van der Waals surface area contributed by atoms with Gasteiger partial charge in [0.2, 0.25) is 5.91 Å². The predicted octanol–water partition coefficient (Wildman–Crippen LogP) is 2.52. The number of guanidine groups is 1. The van der Waals surface area contributed by atoms with E-state index in [-0.39, 0.29) is 29.9 Å². The van der Waals surface area contributed by atoms with Crippen molar-refractivity contribution in [2.75, 3.05) is 26.2 Å². The average molecular weight is 498 g/mol. The maximum absolute atomic E-state index is 11.3. The zero-order valence-electron chi connectivity index (χ0n) is 16.7. The van der Waals surface area contributed by atoms with Gasteiger partial charge >= 0.3 is 0 Å². The van der Waals surface area contributed by atoms with Crippen LogP contribution in [0.1, 0.15) is 32.0 Å². The molecule has 3 rings (SSSR count). The van der Waals surface area contributed by atoms with Crippen molar-refractivity contribution in [3.63, 3.8) is 0 Å². The van der Waals surface area contributed by atoms with Gasteiger partial charge in [-0.2, -0.15) is 0 Å². The Bertz CT molecular complexity index is 818. The number of nitrogens with one attached hydrogen (secondary N) is 1. The Morgan fingerprint density at radius 1 is 1.39 bits per heavy atom. The number of aromatic nitrogens is 2. The van der Waals surface area contributed by atoms with E-state index in [1.54, 1.807) is 0 Å². The minimum absolute atomic E-state index is 0. The number of halogens is 1. The highest BCUT2D eigenvalue weighted by molar-refractivity contribution is 14.0. The monoisotopic (exact) mass is 498 g/mol. The van der Waals surface area contributed by atoms with Gasteiger partial charge in [-0.15, -0.1) is 24.0 Å². The molecule has 1 aliphatic rings. The summed E-state index contributed by atoms with van der Waals surface area (Å²) >= 11 is 0. The molecule has 8 heteroatoms. The van der Waals surface area contributed by atoms with E-state index < -0.39 is 0 Å². The number of carbonyl (C=O) groups excluding carboxylic acids is 1. The lowest BCUT2D eigenvalue weighted by Crippen LogP contribution is -2.47. The smallest absolute Gasteiger partial charge is 0.217 e. The van der Waals surface area contributed by atoms with E-state index in [1.165, 1.54) is 0 Å². The molecule has 1 unspecified atom stereocenters. The molecule has 2 heterocycles. The zero-order valence-corrected chi connectivity index (χ0v) is 19.1. The van der Waals surface area contributed by atoms with Crippen molar-refractivity contribution >= 4 is 46.9 Å². The first-order chi connectivity index (χ1) is 13.1. The van der Waals surface area contributed by atoms with Crippen LogP contribution in [0.15, 0.2) is 29.3 Å². The maximum Gasteiger partial charge on any atom is 0.217 e. The topological polar surface area (TPSA) is 88.5 Å². The van der Waals surface area contributed by atoms with Gasteiger partial charge in [-0.1, -0.05) is 12.1 Å². The molecule has 3 N–H and O–H groups in total. The van der Waals surface area contributed by atoms with Gasteiger partial charge in [-0.05, 0) is 44.7 Å². The van der Waals surface area contributed by atoms with Crippen molar-refractivity contribution < 1.29 is 4.79 Å². The van der Waals surface area contributed by atoms with E-state index in [0.29, 0.717) is 18.9 Å². The van der Waals surface area contributed by atoms with Crippen LogP contribution in [-0.2, 0) is 11.3 Å². The van der Waals surface area contributed by atoms with Crippen LogP contribution < -0.4 is 11.1 Å². The summed E-state index contributed by atoms with van der Waals surface area (Å²) in [5, 5.41) is 3.39. The molecule has 1 amide bonds. The number of imidazole rings is 1. The van der Waals surface area contributed by atoms with Crippen LogP contribution in [0.3, 0.4) is 0 Å². The van der Waals surface area contributed by atoms with Crippen LogP contribution in [0.4, 0.5) is 0 Å². The molecule has 1 aliphatic heterocycles. The summed E-state index contributed by atoms with van der Waals surface area (Å²) < 4.78 is 2.22. The molecule has 28 heavy (non-hydrogen) atoms. The predicted molar refractivity (Wildman–Crippen MR) is 124 cm³/mol. The number of rotatable bonds is 6. The van der Waals surface area contributed by atoms with Gasteiger partial charge in [0.1, 0.15) is 5.82 Å². The Kier molecular flexibility index (Phi) is 8.53. The van der Waals surface area contributed by atoms with Crippen molar-refractivity contribution in [1.82, 2.24) is 19.8 Å². The lowest BCUT2D eigenvalue weighted by molar-refractivity contribution is -0.119. The van der Waals surface area contributed by atoms with Crippen LogP contribution in [0.2, 0.25) is 0 Å². The summed E-state index contributed by atoms with van der Waals surface area (Å²) in [6.45, 7) is 8.21. The molecule has 0 spiro atoms. The van der Waals surface area contributed by atoms with Crippen LogP contribution in [0, 0.1) is 12.8 Å². The highest BCUT2D eigenvalue weighted by Crippen LogP contribution is 2.19. The molecule has 0 radical (unpaired) electrons. The van der Waals surface area contributed by atoms with Crippen molar-refractivity contribution in [2.45, 2.75) is 39.7 Å². The number of fused-ring (bicyclic) bond motifs is 1. The molecule has 1 saturated heterocycles. The highest BCUT2D eigenvalue weighted by atomic mass is 127. The van der Waals surface area contributed by atoms with Crippen molar-refractivity contribution in [3.8, 4) is 0 Å². The number of hydrogen-bond donors (Lipinski definition) is 2. The average Bonchev–Trinajstić information content (AvgIpc) is 2.96. The Morgan fingerprint density at radius 2 is 2.18 bits per heavy atom. The third-order valence-electron chi connectivity index (χ3n) is 5.07. The molecular weight excluding hydrogens is 467 g/mol. The van der Waals surface area contributed by atoms with Gasteiger partial charge in [-0.3, -0.25) is 9.79 Å². The second-order valence-electron chi connectivity index (χ2n) is 7.16. The number of primary amides is 1. The summed E-state index contributed by atoms with van der Waals surface area (Å²) in [5.41, 5.74) is 7.56. The number of amides is 1. The molecule has 0 bridgehead atoms. The number of para-hydroxylation sites is 2. The Morgan fingerprint density at radius 3 is 2.93 bits per heavy atom. The fourth-order valence-corrected chi connectivity index (χ4v) is 3.87. The third-order valence-corrected chi connectivity index (χ3v) is 5.07. The first-order valence-corrected chi connectivity index (χ1v) is 9.82. The molecule has 154 valence electrons. The van der Waals surface area contributed by atoms with Gasteiger partial charge in [0.25, 0.3) is 0 Å². The summed E-state index contributed by atoms with van der Waals surface area (Å²) in [6, 6.07) is 8.20. The lowest BCUT2D eigenvalue weighted by atomic mass is 9.95. The van der Waals surface area contributed by atoms with Gasteiger partial charge in [0.15, 0.2) is 5.96 Å². The summed E-state index contributed by atoms with van der Waals surface area (Å²) in [7, 11) is 0. The fraction of sp³-hybridized carbons (Fsp3) is 0.550. The second-order valence-corrected chi connectivity index (χ2v) is 7.16. The van der Waals surface area contributed by atoms with Gasteiger partial charge in [0.05, 0.1) is 17.6 Å². The Labute approximate surface area is 183 Å². The van der Waals surface area contributed by atoms with Gasteiger partial charge in [-0.25, -0.2) is 4.98 Å². The molecule has 1 aromatic carbocycles. The number of hydrogen-bond acceptors (Lipinski definition) is 3. The van der Waals surface area contributed by atoms with E-state index >= 15 is 0 Å². The standard InChI is InChI=1S/C20H30N6O.HI/c1-3-22-20(25-11-6-7-16(14-25)13-19(21)27)23-10-12-26-15(2)24-17-8-4-5-9-18(17)26;/h4-5,8-9,16H,3,6-7,10-14H2,1-2H3,(H2,21,27)(H,22,23);1H. The summed E-state index contributed by atoms with van der Waals surface area (Å²) in [6.07, 6.45) is 2.57. The van der Waals surface area contributed by atoms with E-state index in [0.717, 1.165) is 61.8 Å². The van der Waals surface area contributed by atoms with E-state index in [4.69, 9.17) is 10.7 Å². The molecule has 0 saturated carbocycles. The minimum atomic E-state index is -0.216. The highest BCUT2D eigenvalue weighted by Gasteiger charge is 2.23. The molecule has 7 nitrogen and oxygen atoms in total. The van der Waals surface area contributed by atoms with E-state index in [1.807, 2.05) is 25.1 Å². The number of benzene rings is 1. The normalized spacial score (nSPS) is 17.4. The second kappa shape index (κ2) is 10.6. The molecular formula is C20H31IN6O. The molecule has 1 atom stereocenters. The van der Waals surface area contributed by atoms with E-state index in [9.17, 15) is 4.79 Å². The number of aryl methyl sites for hydroxylation is 1. The largest absolute Gasteiger partial charge is 0.370 e. The van der Waals surface area contributed by atoms with Crippen LogP contribution in [0.25, 0.3) is 11.0 Å². The number of carbonyl (C=O) groups is 1. The van der Waals surface area contributed by atoms with E-state index in [2.05, 4.69) is 32.8 Å². The quantitative estimate of drug-likeness (QED) is 0.364. The first kappa shape index (κ1) is 22.4. The Balaban J connectivity index is 0.00000280. The SMILES string of the molecule is CCNC(=NCCn1c(C)nc2ccccc21)N1CCCC(CC(N)=O)C1.I. The Hall–Kier alpha value is -1.84. The zero-order chi connectivity index (χ0) is 19.2. The van der Waals surface area contributed by atoms with Gasteiger partial charge in [0, 0.05) is 32.6 Å². The number of piperidine rings is 1.